The molecule has 0 spiro atoms. The second-order valence-electron chi connectivity index (χ2n) is 5.67. The van der Waals surface area contributed by atoms with Crippen LogP contribution in [-0.2, 0) is 0 Å². The van der Waals surface area contributed by atoms with Crippen molar-refractivity contribution in [3.05, 3.63) is 64.9 Å². The monoisotopic (exact) mass is 329 g/mol. The Labute approximate surface area is 138 Å². The van der Waals surface area contributed by atoms with Crippen molar-refractivity contribution < 1.29 is 13.6 Å². The van der Waals surface area contributed by atoms with E-state index in [2.05, 4.69) is 22.5 Å². The zero-order chi connectivity index (χ0) is 17.1. The molecule has 0 fully saturated rings. The molecule has 1 amide bonds. The summed E-state index contributed by atoms with van der Waals surface area (Å²) in [6.07, 6.45) is 2.64. The van der Waals surface area contributed by atoms with Gasteiger partial charge >= 0.3 is 0 Å². The van der Waals surface area contributed by atoms with Crippen LogP contribution in [0.4, 0.5) is 14.6 Å². The van der Waals surface area contributed by atoms with Gasteiger partial charge in [-0.15, -0.1) is 0 Å². The van der Waals surface area contributed by atoms with Gasteiger partial charge in [-0.2, -0.15) is 0 Å². The number of hydrogen-bond donors (Lipinski definition) is 2. The van der Waals surface area contributed by atoms with Crippen LogP contribution in [0.15, 0.2) is 42.1 Å². The normalized spacial score (nSPS) is 14.6. The van der Waals surface area contributed by atoms with Crippen molar-refractivity contribution >= 4 is 17.3 Å². The van der Waals surface area contributed by atoms with Crippen molar-refractivity contribution in [1.29, 1.82) is 0 Å². The number of rotatable bonds is 3. The average molecular weight is 329 g/mol. The SMILES string of the molecule is CC1=C(c2ccc(NC(=O)c3c(F)cccc3F)nc2)CNCC1. The van der Waals surface area contributed by atoms with Crippen molar-refractivity contribution in [2.45, 2.75) is 13.3 Å². The summed E-state index contributed by atoms with van der Waals surface area (Å²) in [5.41, 5.74) is 2.85. The van der Waals surface area contributed by atoms with Gasteiger partial charge in [-0.3, -0.25) is 4.79 Å². The number of nitrogens with one attached hydrogen (secondary N) is 2. The van der Waals surface area contributed by atoms with E-state index < -0.39 is 23.1 Å². The van der Waals surface area contributed by atoms with E-state index in [9.17, 15) is 13.6 Å². The molecule has 24 heavy (non-hydrogen) atoms. The molecule has 4 nitrogen and oxygen atoms in total. The highest BCUT2D eigenvalue weighted by Crippen LogP contribution is 2.23. The molecule has 1 aromatic carbocycles. The molecule has 1 aliphatic heterocycles. The molecular formula is C18H17F2N3O. The lowest BCUT2D eigenvalue weighted by Gasteiger charge is -2.19. The number of benzene rings is 1. The second-order valence-corrected chi connectivity index (χ2v) is 5.67. The Kier molecular flexibility index (Phi) is 4.66. The summed E-state index contributed by atoms with van der Waals surface area (Å²) in [5.74, 6) is -2.43. The van der Waals surface area contributed by atoms with Crippen LogP contribution in [0.1, 0.15) is 29.3 Å². The van der Waals surface area contributed by atoms with E-state index in [1.807, 2.05) is 6.07 Å². The molecule has 1 aliphatic rings. The van der Waals surface area contributed by atoms with Crippen molar-refractivity contribution in [2.75, 3.05) is 18.4 Å². The number of halogens is 2. The first-order chi connectivity index (χ1) is 11.6. The summed E-state index contributed by atoms with van der Waals surface area (Å²) < 4.78 is 27.2. The maximum Gasteiger partial charge on any atom is 0.262 e. The maximum atomic E-state index is 13.6. The summed E-state index contributed by atoms with van der Waals surface area (Å²) in [5, 5.41) is 5.73. The van der Waals surface area contributed by atoms with E-state index in [4.69, 9.17) is 0 Å². The Morgan fingerprint density at radius 1 is 1.21 bits per heavy atom. The van der Waals surface area contributed by atoms with Gasteiger partial charge < -0.3 is 10.6 Å². The number of anilines is 1. The molecule has 2 N–H and O–H groups in total. The Hall–Kier alpha value is -2.60. The number of carbonyl (C=O) groups excluding carboxylic acids is 1. The summed E-state index contributed by atoms with van der Waals surface area (Å²) in [6, 6.07) is 6.76. The van der Waals surface area contributed by atoms with Crippen molar-refractivity contribution in [1.82, 2.24) is 10.3 Å². The zero-order valence-electron chi connectivity index (χ0n) is 13.2. The third kappa shape index (κ3) is 3.33. The molecule has 2 aromatic rings. The highest BCUT2D eigenvalue weighted by molar-refractivity contribution is 6.04. The van der Waals surface area contributed by atoms with Crippen LogP contribution in [0, 0.1) is 11.6 Å². The summed E-state index contributed by atoms with van der Waals surface area (Å²) in [6.45, 7) is 3.83. The van der Waals surface area contributed by atoms with Crippen LogP contribution in [0.25, 0.3) is 5.57 Å². The molecule has 1 aromatic heterocycles. The predicted octanol–water partition coefficient (Wildman–Crippen LogP) is 3.38. The summed E-state index contributed by atoms with van der Waals surface area (Å²) >= 11 is 0. The number of aromatic nitrogens is 1. The lowest BCUT2D eigenvalue weighted by Crippen LogP contribution is -2.23. The molecule has 0 bridgehead atoms. The maximum absolute atomic E-state index is 13.6. The largest absolute Gasteiger partial charge is 0.312 e. The quantitative estimate of drug-likeness (QED) is 0.908. The Balaban J connectivity index is 1.78. The molecule has 0 aliphatic carbocycles. The molecule has 0 saturated heterocycles. The highest BCUT2D eigenvalue weighted by Gasteiger charge is 2.17. The lowest BCUT2D eigenvalue weighted by molar-refractivity contribution is 0.101. The number of carbonyl (C=O) groups is 1. The standard InChI is InChI=1S/C18H17F2N3O/c1-11-7-8-21-10-13(11)12-5-6-16(22-9-12)23-18(24)17-14(19)3-2-4-15(17)20/h2-6,9,21H,7-8,10H2,1H3,(H,22,23,24). The molecule has 124 valence electrons. The van der Waals surface area contributed by atoms with E-state index in [0.717, 1.165) is 37.2 Å². The fraction of sp³-hybridized carbons (Fsp3) is 0.222. The van der Waals surface area contributed by atoms with Crippen LogP contribution in [0.2, 0.25) is 0 Å². The van der Waals surface area contributed by atoms with E-state index in [1.165, 1.54) is 17.2 Å². The second kappa shape index (κ2) is 6.88. The lowest BCUT2D eigenvalue weighted by atomic mass is 9.97. The zero-order valence-corrected chi connectivity index (χ0v) is 13.2. The number of hydrogen-bond acceptors (Lipinski definition) is 3. The minimum Gasteiger partial charge on any atom is -0.312 e. The van der Waals surface area contributed by atoms with Crippen LogP contribution >= 0.6 is 0 Å². The Bertz CT molecular complexity index is 780. The number of nitrogens with zero attached hydrogens (tertiary/aromatic N) is 1. The molecule has 0 saturated carbocycles. The third-order valence-electron chi connectivity index (χ3n) is 4.04. The van der Waals surface area contributed by atoms with Crippen LogP contribution < -0.4 is 10.6 Å². The minimum atomic E-state index is -0.904. The minimum absolute atomic E-state index is 0.244. The summed E-state index contributed by atoms with van der Waals surface area (Å²) in [7, 11) is 0. The first-order valence-corrected chi connectivity index (χ1v) is 7.67. The summed E-state index contributed by atoms with van der Waals surface area (Å²) in [4.78, 5) is 16.2. The third-order valence-corrected chi connectivity index (χ3v) is 4.04. The topological polar surface area (TPSA) is 54.0 Å². The smallest absolute Gasteiger partial charge is 0.262 e. The van der Waals surface area contributed by atoms with Gasteiger partial charge in [0.2, 0.25) is 0 Å². The van der Waals surface area contributed by atoms with E-state index in [1.54, 1.807) is 12.3 Å². The Morgan fingerprint density at radius 2 is 1.96 bits per heavy atom. The van der Waals surface area contributed by atoms with Gasteiger partial charge in [0.15, 0.2) is 0 Å². The van der Waals surface area contributed by atoms with Crippen LogP contribution in [0.3, 0.4) is 0 Å². The average Bonchev–Trinajstić information content (AvgIpc) is 2.56. The molecule has 0 unspecified atom stereocenters. The molecule has 0 radical (unpaired) electrons. The van der Waals surface area contributed by atoms with E-state index >= 15 is 0 Å². The van der Waals surface area contributed by atoms with Gasteiger partial charge in [0.1, 0.15) is 23.0 Å². The fourth-order valence-corrected chi connectivity index (χ4v) is 2.68. The fourth-order valence-electron chi connectivity index (χ4n) is 2.68. The molecule has 3 rings (SSSR count). The molecule has 6 heteroatoms. The number of pyridine rings is 1. The van der Waals surface area contributed by atoms with Gasteiger partial charge in [-0.1, -0.05) is 11.6 Å². The first-order valence-electron chi connectivity index (χ1n) is 7.67. The van der Waals surface area contributed by atoms with Gasteiger partial charge in [0.25, 0.3) is 5.91 Å². The number of amides is 1. The van der Waals surface area contributed by atoms with Gasteiger partial charge in [-0.25, -0.2) is 13.8 Å². The van der Waals surface area contributed by atoms with E-state index in [0.29, 0.717) is 0 Å². The van der Waals surface area contributed by atoms with Gasteiger partial charge in [-0.05, 0) is 55.3 Å². The van der Waals surface area contributed by atoms with Crippen LogP contribution in [-0.4, -0.2) is 24.0 Å². The highest BCUT2D eigenvalue weighted by atomic mass is 19.1. The van der Waals surface area contributed by atoms with Crippen molar-refractivity contribution in [3.63, 3.8) is 0 Å². The molecule has 2 heterocycles. The van der Waals surface area contributed by atoms with Crippen LogP contribution in [0.5, 0.6) is 0 Å². The van der Waals surface area contributed by atoms with Gasteiger partial charge in [0.05, 0.1) is 0 Å². The Morgan fingerprint density at radius 3 is 2.58 bits per heavy atom. The predicted molar refractivity (Wildman–Crippen MR) is 88.6 cm³/mol. The first kappa shape index (κ1) is 16.3. The van der Waals surface area contributed by atoms with Crippen molar-refractivity contribution in [3.8, 4) is 0 Å². The molecule has 0 atom stereocenters. The molecular weight excluding hydrogens is 312 g/mol. The van der Waals surface area contributed by atoms with Crippen molar-refractivity contribution in [2.24, 2.45) is 0 Å². The van der Waals surface area contributed by atoms with Gasteiger partial charge in [0, 0.05) is 12.7 Å². The van der Waals surface area contributed by atoms with E-state index in [-0.39, 0.29) is 5.82 Å².